The molecule has 2 aromatic carbocycles. The van der Waals surface area contributed by atoms with Gasteiger partial charge in [0.2, 0.25) is 0 Å². The first-order chi connectivity index (χ1) is 17.1. The maximum Gasteiger partial charge on any atom is 0.253 e. The molecule has 1 aliphatic rings. The van der Waals surface area contributed by atoms with E-state index in [4.69, 9.17) is 14.5 Å². The molecule has 1 N–H and O–H groups in total. The number of para-hydroxylation sites is 1. The lowest BCUT2D eigenvalue weighted by molar-refractivity contribution is 0.0951. The number of ether oxygens (including phenoxy) is 2. The lowest BCUT2D eigenvalue weighted by Crippen LogP contribution is -2.34. The third-order valence-corrected chi connectivity index (χ3v) is 6.72. The molecule has 6 heteroatoms. The summed E-state index contributed by atoms with van der Waals surface area (Å²) in [7, 11) is 3.36. The van der Waals surface area contributed by atoms with Crippen LogP contribution in [0.3, 0.4) is 0 Å². The van der Waals surface area contributed by atoms with Crippen LogP contribution in [0, 0.1) is 6.92 Å². The van der Waals surface area contributed by atoms with Gasteiger partial charge in [0.25, 0.3) is 5.91 Å². The van der Waals surface area contributed by atoms with Gasteiger partial charge in [0.1, 0.15) is 11.5 Å². The quantitative estimate of drug-likeness (QED) is 0.486. The Morgan fingerprint density at radius 1 is 1.00 bits per heavy atom. The van der Waals surface area contributed by atoms with E-state index in [0.717, 1.165) is 60.9 Å². The van der Waals surface area contributed by atoms with E-state index < -0.39 is 0 Å². The van der Waals surface area contributed by atoms with Gasteiger partial charge in [-0.05, 0) is 80.7 Å². The first-order valence-corrected chi connectivity index (χ1v) is 12.3. The summed E-state index contributed by atoms with van der Waals surface area (Å²) in [6.45, 7) is 5.44. The molecule has 0 bridgehead atoms. The number of aryl methyl sites for hydroxylation is 1. The van der Waals surface area contributed by atoms with Crippen LogP contribution in [-0.2, 0) is 13.0 Å². The monoisotopic (exact) mass is 473 g/mol. The lowest BCUT2D eigenvalue weighted by atomic mass is 9.89. The topological polar surface area (TPSA) is 63.7 Å². The van der Waals surface area contributed by atoms with Crippen molar-refractivity contribution in [2.24, 2.45) is 0 Å². The Labute approximate surface area is 208 Å². The molecule has 0 aliphatic carbocycles. The number of hydrogen-bond donors (Lipinski definition) is 1. The standard InChI is InChI=1S/C29H35N3O3/c1-21-8-13-26(29(33)30-17-14-23-6-4-5-7-27(23)35-3)28(31-21)24-15-18-32(19-16-24)20-22-9-11-25(34-2)12-10-22/h4-13,24H,14-20H2,1-3H3,(H,30,33). The summed E-state index contributed by atoms with van der Waals surface area (Å²) in [5.41, 5.74) is 4.95. The molecule has 0 radical (unpaired) electrons. The molecule has 0 atom stereocenters. The number of benzene rings is 2. The Bertz CT molecular complexity index is 1120. The average molecular weight is 474 g/mol. The number of rotatable bonds is 9. The smallest absolute Gasteiger partial charge is 0.253 e. The molecule has 184 valence electrons. The number of methoxy groups -OCH3 is 2. The van der Waals surface area contributed by atoms with Gasteiger partial charge in [-0.1, -0.05) is 30.3 Å². The van der Waals surface area contributed by atoms with Crippen molar-refractivity contribution in [2.45, 2.75) is 38.6 Å². The van der Waals surface area contributed by atoms with Gasteiger partial charge in [-0.2, -0.15) is 0 Å². The number of nitrogens with one attached hydrogen (secondary N) is 1. The van der Waals surface area contributed by atoms with Crippen molar-refractivity contribution in [1.82, 2.24) is 15.2 Å². The van der Waals surface area contributed by atoms with Crippen LogP contribution in [0.15, 0.2) is 60.7 Å². The third-order valence-electron chi connectivity index (χ3n) is 6.72. The minimum absolute atomic E-state index is 0.0527. The van der Waals surface area contributed by atoms with E-state index in [1.54, 1.807) is 14.2 Å². The molecule has 35 heavy (non-hydrogen) atoms. The number of hydrogen-bond acceptors (Lipinski definition) is 5. The van der Waals surface area contributed by atoms with Crippen LogP contribution < -0.4 is 14.8 Å². The van der Waals surface area contributed by atoms with Crippen molar-refractivity contribution >= 4 is 5.91 Å². The van der Waals surface area contributed by atoms with Gasteiger partial charge in [-0.3, -0.25) is 14.7 Å². The van der Waals surface area contributed by atoms with Crippen LogP contribution in [0.4, 0.5) is 0 Å². The Balaban J connectivity index is 1.36. The molecule has 4 rings (SSSR count). The highest BCUT2D eigenvalue weighted by atomic mass is 16.5. The van der Waals surface area contributed by atoms with Gasteiger partial charge in [0.15, 0.2) is 0 Å². The van der Waals surface area contributed by atoms with Crippen LogP contribution in [0.5, 0.6) is 11.5 Å². The number of aromatic nitrogens is 1. The van der Waals surface area contributed by atoms with E-state index in [9.17, 15) is 4.79 Å². The second kappa shape index (κ2) is 11.8. The molecular formula is C29H35N3O3. The van der Waals surface area contributed by atoms with Gasteiger partial charge in [0.05, 0.1) is 25.5 Å². The van der Waals surface area contributed by atoms with Crippen LogP contribution in [-0.4, -0.2) is 49.6 Å². The van der Waals surface area contributed by atoms with Gasteiger partial charge >= 0.3 is 0 Å². The maximum atomic E-state index is 13.1. The Kier molecular flexibility index (Phi) is 8.37. The van der Waals surface area contributed by atoms with Gasteiger partial charge in [-0.25, -0.2) is 0 Å². The number of carbonyl (C=O) groups excluding carboxylic acids is 1. The SMILES string of the molecule is COc1ccc(CN2CCC(c3nc(C)ccc3C(=O)NCCc3ccccc3OC)CC2)cc1. The van der Waals surface area contributed by atoms with Crippen molar-refractivity contribution in [3.63, 3.8) is 0 Å². The average Bonchev–Trinajstić information content (AvgIpc) is 2.89. The minimum Gasteiger partial charge on any atom is -0.497 e. The maximum absolute atomic E-state index is 13.1. The summed E-state index contributed by atoms with van der Waals surface area (Å²) in [6.07, 6.45) is 2.70. The molecule has 0 spiro atoms. The molecule has 0 saturated carbocycles. The highest BCUT2D eigenvalue weighted by Gasteiger charge is 2.26. The van der Waals surface area contributed by atoms with E-state index >= 15 is 0 Å². The summed E-state index contributed by atoms with van der Waals surface area (Å²) in [5, 5.41) is 3.09. The van der Waals surface area contributed by atoms with E-state index in [1.807, 2.05) is 55.5 Å². The summed E-state index contributed by atoms with van der Waals surface area (Å²) < 4.78 is 10.7. The Morgan fingerprint density at radius 3 is 2.46 bits per heavy atom. The molecule has 1 aromatic heterocycles. The predicted molar refractivity (Wildman–Crippen MR) is 138 cm³/mol. The number of nitrogens with zero attached hydrogens (tertiary/aromatic N) is 2. The van der Waals surface area contributed by atoms with E-state index in [-0.39, 0.29) is 11.8 Å². The van der Waals surface area contributed by atoms with E-state index in [2.05, 4.69) is 22.3 Å². The second-order valence-corrected chi connectivity index (χ2v) is 9.10. The molecule has 3 aromatic rings. The zero-order valence-corrected chi connectivity index (χ0v) is 20.9. The number of amides is 1. The molecular weight excluding hydrogens is 438 g/mol. The fraction of sp³-hybridized carbons (Fsp3) is 0.379. The fourth-order valence-electron chi connectivity index (χ4n) is 4.75. The molecule has 0 unspecified atom stereocenters. The lowest BCUT2D eigenvalue weighted by Gasteiger charge is -2.32. The van der Waals surface area contributed by atoms with Gasteiger partial charge in [0, 0.05) is 24.7 Å². The normalized spacial score (nSPS) is 14.5. The second-order valence-electron chi connectivity index (χ2n) is 9.10. The molecule has 1 amide bonds. The minimum atomic E-state index is -0.0527. The molecule has 6 nitrogen and oxygen atoms in total. The van der Waals surface area contributed by atoms with E-state index in [0.29, 0.717) is 18.5 Å². The van der Waals surface area contributed by atoms with Crippen LogP contribution >= 0.6 is 0 Å². The molecule has 2 heterocycles. The highest BCUT2D eigenvalue weighted by Crippen LogP contribution is 2.30. The summed E-state index contributed by atoms with van der Waals surface area (Å²) in [6, 6.07) is 20.0. The summed E-state index contributed by atoms with van der Waals surface area (Å²) in [4.78, 5) is 20.4. The number of piperidine rings is 1. The van der Waals surface area contributed by atoms with Crippen LogP contribution in [0.2, 0.25) is 0 Å². The van der Waals surface area contributed by atoms with Crippen LogP contribution in [0.1, 0.15) is 51.6 Å². The van der Waals surface area contributed by atoms with Crippen molar-refractivity contribution in [3.05, 3.63) is 88.7 Å². The Morgan fingerprint density at radius 2 is 1.74 bits per heavy atom. The Hall–Kier alpha value is -3.38. The van der Waals surface area contributed by atoms with Gasteiger partial charge in [-0.15, -0.1) is 0 Å². The largest absolute Gasteiger partial charge is 0.497 e. The number of likely N-dealkylation sites (tertiary alicyclic amines) is 1. The summed E-state index contributed by atoms with van der Waals surface area (Å²) in [5.74, 6) is 1.97. The van der Waals surface area contributed by atoms with Crippen molar-refractivity contribution in [2.75, 3.05) is 33.9 Å². The first-order valence-electron chi connectivity index (χ1n) is 12.3. The molecule has 1 aliphatic heterocycles. The first kappa shape index (κ1) is 24.7. The molecule has 1 fully saturated rings. The highest BCUT2D eigenvalue weighted by molar-refractivity contribution is 5.95. The number of carbonyl (C=O) groups is 1. The zero-order chi connectivity index (χ0) is 24.6. The predicted octanol–water partition coefficient (Wildman–Crippen LogP) is 4.76. The zero-order valence-electron chi connectivity index (χ0n) is 20.9. The van der Waals surface area contributed by atoms with Crippen molar-refractivity contribution < 1.29 is 14.3 Å². The van der Waals surface area contributed by atoms with Crippen molar-refractivity contribution in [1.29, 1.82) is 0 Å². The van der Waals surface area contributed by atoms with Gasteiger partial charge < -0.3 is 14.8 Å². The number of pyridine rings is 1. The molecule has 1 saturated heterocycles. The fourth-order valence-corrected chi connectivity index (χ4v) is 4.75. The third kappa shape index (κ3) is 6.40. The summed E-state index contributed by atoms with van der Waals surface area (Å²) >= 11 is 0. The van der Waals surface area contributed by atoms with Crippen molar-refractivity contribution in [3.8, 4) is 11.5 Å². The van der Waals surface area contributed by atoms with E-state index in [1.165, 1.54) is 5.56 Å². The van der Waals surface area contributed by atoms with Crippen LogP contribution in [0.25, 0.3) is 0 Å².